The summed E-state index contributed by atoms with van der Waals surface area (Å²) in [7, 11) is 0. The van der Waals surface area contributed by atoms with Gasteiger partial charge in [0.2, 0.25) is 12.7 Å². The Morgan fingerprint density at radius 1 is 1.05 bits per heavy atom. The van der Waals surface area contributed by atoms with Gasteiger partial charge in [-0.1, -0.05) is 44.2 Å². The highest BCUT2D eigenvalue weighted by Gasteiger charge is 2.43. The number of carbonyl (C=O) groups excluding carboxylic acids is 1. The Kier molecular flexibility index (Phi) is 6.00. The molecule has 6 rings (SSSR count). The van der Waals surface area contributed by atoms with Crippen molar-refractivity contribution in [2.45, 2.75) is 26.2 Å². The van der Waals surface area contributed by atoms with Crippen LogP contribution in [0.3, 0.4) is 0 Å². The molecule has 0 bridgehead atoms. The van der Waals surface area contributed by atoms with Crippen molar-refractivity contribution in [2.75, 3.05) is 18.7 Å². The van der Waals surface area contributed by atoms with E-state index < -0.39 is 0 Å². The van der Waals surface area contributed by atoms with Crippen LogP contribution in [0, 0.1) is 11.8 Å². The molecule has 2 atom stereocenters. The van der Waals surface area contributed by atoms with E-state index in [2.05, 4.69) is 41.4 Å². The second-order valence-electron chi connectivity index (χ2n) is 9.80. The van der Waals surface area contributed by atoms with Crippen LogP contribution in [0.1, 0.15) is 31.7 Å². The van der Waals surface area contributed by atoms with Crippen molar-refractivity contribution in [3.63, 3.8) is 0 Å². The summed E-state index contributed by atoms with van der Waals surface area (Å²) in [5, 5.41) is 7.67. The number of anilines is 1. The van der Waals surface area contributed by atoms with E-state index in [-0.39, 0.29) is 18.6 Å². The molecule has 0 unspecified atom stereocenters. The summed E-state index contributed by atoms with van der Waals surface area (Å²) in [4.78, 5) is 17.5. The maximum Gasteiger partial charge on any atom is 0.336 e. The van der Waals surface area contributed by atoms with E-state index >= 15 is 0 Å². The van der Waals surface area contributed by atoms with Crippen LogP contribution in [0.4, 0.5) is 5.69 Å². The number of carbonyl (C=O) groups is 1. The van der Waals surface area contributed by atoms with Crippen molar-refractivity contribution in [2.24, 2.45) is 11.8 Å². The molecule has 1 aliphatic heterocycles. The summed E-state index contributed by atoms with van der Waals surface area (Å²) < 4.78 is 18.6. The van der Waals surface area contributed by atoms with E-state index in [1.54, 1.807) is 4.68 Å². The zero-order chi connectivity index (χ0) is 25.4. The zero-order valence-corrected chi connectivity index (χ0v) is 20.8. The van der Waals surface area contributed by atoms with Gasteiger partial charge in [-0.05, 0) is 66.3 Å². The molecular formula is C29H28N4O4. The summed E-state index contributed by atoms with van der Waals surface area (Å²) in [6.07, 6.45) is 0.880. The van der Waals surface area contributed by atoms with Gasteiger partial charge in [-0.2, -0.15) is 4.98 Å². The van der Waals surface area contributed by atoms with Crippen LogP contribution in [0.2, 0.25) is 0 Å². The van der Waals surface area contributed by atoms with Crippen molar-refractivity contribution >= 4 is 11.6 Å². The van der Waals surface area contributed by atoms with Crippen molar-refractivity contribution in [1.82, 2.24) is 14.8 Å². The fourth-order valence-electron chi connectivity index (χ4n) is 4.47. The Hall–Kier alpha value is -4.33. The van der Waals surface area contributed by atoms with E-state index in [0.29, 0.717) is 41.8 Å². The lowest BCUT2D eigenvalue weighted by atomic mass is 10.1. The first-order chi connectivity index (χ1) is 18.0. The molecule has 8 heteroatoms. The van der Waals surface area contributed by atoms with Crippen molar-refractivity contribution in [1.29, 1.82) is 0 Å². The van der Waals surface area contributed by atoms with Crippen LogP contribution < -0.4 is 19.5 Å². The fraction of sp³-hybridized carbons (Fsp3) is 0.276. The largest absolute Gasteiger partial charge is 0.462 e. The number of aromatic nitrogens is 3. The van der Waals surface area contributed by atoms with Gasteiger partial charge in [0.05, 0.1) is 12.3 Å². The van der Waals surface area contributed by atoms with Crippen LogP contribution in [0.5, 0.6) is 17.5 Å². The molecular weight excluding hydrogens is 468 g/mol. The van der Waals surface area contributed by atoms with Gasteiger partial charge in [-0.3, -0.25) is 4.79 Å². The number of ether oxygens (including phenoxy) is 3. The van der Waals surface area contributed by atoms with E-state index in [1.807, 2.05) is 60.7 Å². The molecule has 1 saturated carbocycles. The number of fused-ring (bicyclic) bond motifs is 1. The van der Waals surface area contributed by atoms with Crippen LogP contribution in [0.25, 0.3) is 17.1 Å². The molecule has 0 radical (unpaired) electrons. The van der Waals surface area contributed by atoms with Crippen molar-refractivity contribution < 1.29 is 19.0 Å². The van der Waals surface area contributed by atoms with Gasteiger partial charge in [0.15, 0.2) is 17.3 Å². The number of benzene rings is 3. The smallest absolute Gasteiger partial charge is 0.336 e. The van der Waals surface area contributed by atoms with E-state index in [1.165, 1.54) is 5.56 Å². The quantitative estimate of drug-likeness (QED) is 0.350. The molecule has 2 aliphatic rings. The lowest BCUT2D eigenvalue weighted by Crippen LogP contribution is -2.14. The van der Waals surface area contributed by atoms with Gasteiger partial charge >= 0.3 is 6.01 Å². The first-order valence-electron chi connectivity index (χ1n) is 12.5. The van der Waals surface area contributed by atoms with E-state index in [0.717, 1.165) is 23.4 Å². The molecule has 1 aromatic heterocycles. The van der Waals surface area contributed by atoms with Crippen LogP contribution in [-0.4, -0.2) is 34.1 Å². The second kappa shape index (κ2) is 9.61. The first kappa shape index (κ1) is 23.1. The molecule has 2 heterocycles. The van der Waals surface area contributed by atoms with Crippen LogP contribution >= 0.6 is 0 Å². The van der Waals surface area contributed by atoms with Crippen LogP contribution in [0.15, 0.2) is 72.8 Å². The van der Waals surface area contributed by atoms with Gasteiger partial charge in [-0.25, -0.2) is 4.68 Å². The fourth-order valence-corrected chi connectivity index (χ4v) is 4.47. The van der Waals surface area contributed by atoms with Crippen LogP contribution in [-0.2, 0) is 4.79 Å². The molecule has 3 aromatic carbocycles. The zero-order valence-electron chi connectivity index (χ0n) is 20.8. The number of hydrogen-bond donors (Lipinski definition) is 1. The van der Waals surface area contributed by atoms with Gasteiger partial charge < -0.3 is 19.5 Å². The minimum absolute atomic E-state index is 0.00988. The number of amides is 1. The predicted octanol–water partition coefficient (Wildman–Crippen LogP) is 5.44. The van der Waals surface area contributed by atoms with Gasteiger partial charge in [0.25, 0.3) is 0 Å². The topological polar surface area (TPSA) is 87.5 Å². The minimum Gasteiger partial charge on any atom is -0.462 e. The van der Waals surface area contributed by atoms with E-state index in [4.69, 9.17) is 14.2 Å². The third-order valence-electron chi connectivity index (χ3n) is 6.50. The second-order valence-corrected chi connectivity index (χ2v) is 9.80. The number of nitrogens with zero attached hydrogens (tertiary/aromatic N) is 3. The maximum atomic E-state index is 12.8. The maximum absolute atomic E-state index is 12.8. The Bertz CT molecular complexity index is 1420. The molecule has 0 spiro atoms. The van der Waals surface area contributed by atoms with Crippen molar-refractivity contribution in [3.05, 3.63) is 78.4 Å². The minimum atomic E-state index is 0.00988. The average molecular weight is 497 g/mol. The summed E-state index contributed by atoms with van der Waals surface area (Å²) in [5.74, 6) is 2.70. The standard InChI is InChI=1S/C29H28N4O4/c1-18(2)16-35-29-31-27(20-8-13-25-26(14-20)37-17-36-25)33(32-29)22-11-9-21(10-12-22)30-28(34)24-15-23(24)19-6-4-3-5-7-19/h3-14,18,23-24H,15-17H2,1-2H3,(H,30,34)/t23-,24+/m0/s1. The molecule has 1 fully saturated rings. The Labute approximate surface area is 215 Å². The summed E-state index contributed by atoms with van der Waals surface area (Å²) in [6.45, 7) is 4.87. The molecule has 1 aliphatic carbocycles. The highest BCUT2D eigenvalue weighted by molar-refractivity contribution is 5.95. The van der Waals surface area contributed by atoms with Crippen molar-refractivity contribution in [3.8, 4) is 34.6 Å². The van der Waals surface area contributed by atoms with Gasteiger partial charge in [0, 0.05) is 17.2 Å². The Morgan fingerprint density at radius 2 is 1.84 bits per heavy atom. The first-order valence-corrected chi connectivity index (χ1v) is 12.5. The highest BCUT2D eigenvalue weighted by atomic mass is 16.7. The summed E-state index contributed by atoms with van der Waals surface area (Å²) in [5.41, 5.74) is 3.59. The predicted molar refractivity (Wildman–Crippen MR) is 139 cm³/mol. The lowest BCUT2D eigenvalue weighted by Gasteiger charge is -2.09. The third kappa shape index (κ3) is 4.87. The van der Waals surface area contributed by atoms with E-state index in [9.17, 15) is 4.79 Å². The number of nitrogens with one attached hydrogen (secondary N) is 1. The van der Waals surface area contributed by atoms with Gasteiger partial charge in [0.1, 0.15) is 0 Å². The normalized spacial score (nSPS) is 17.6. The third-order valence-corrected chi connectivity index (χ3v) is 6.50. The number of hydrogen-bond acceptors (Lipinski definition) is 6. The molecule has 37 heavy (non-hydrogen) atoms. The molecule has 1 N–H and O–H groups in total. The monoisotopic (exact) mass is 496 g/mol. The summed E-state index contributed by atoms with van der Waals surface area (Å²) >= 11 is 0. The molecule has 188 valence electrons. The van der Waals surface area contributed by atoms with Gasteiger partial charge in [-0.15, -0.1) is 5.10 Å². The highest BCUT2D eigenvalue weighted by Crippen LogP contribution is 2.48. The lowest BCUT2D eigenvalue weighted by molar-refractivity contribution is -0.117. The number of rotatable bonds is 8. The molecule has 8 nitrogen and oxygen atoms in total. The molecule has 1 amide bonds. The average Bonchev–Trinajstić information content (AvgIpc) is 3.39. The SMILES string of the molecule is CC(C)COc1nc(-c2ccc3c(c2)OCO3)n(-c2ccc(NC(=O)[C@@H]3C[C@H]3c3ccccc3)cc2)n1. The summed E-state index contributed by atoms with van der Waals surface area (Å²) in [6, 6.07) is 23.8. The Morgan fingerprint density at radius 3 is 2.62 bits per heavy atom. The molecule has 0 saturated heterocycles. The molecule has 4 aromatic rings. The Balaban J connectivity index is 1.22.